The van der Waals surface area contributed by atoms with Crippen LogP contribution in [-0.2, 0) is 9.59 Å². The highest BCUT2D eigenvalue weighted by molar-refractivity contribution is 5.91. The molecule has 5 atom stereocenters. The number of hydrogen-bond donors (Lipinski definition) is 0. The Hall–Kier alpha value is -1.32. The van der Waals surface area contributed by atoms with Crippen molar-refractivity contribution in [1.82, 2.24) is 0 Å². The van der Waals surface area contributed by atoms with Crippen LogP contribution in [0, 0.1) is 29.1 Å². The van der Waals surface area contributed by atoms with Crippen molar-refractivity contribution in [3.63, 3.8) is 0 Å². The van der Waals surface area contributed by atoms with Crippen LogP contribution in [0.4, 0.5) is 8.78 Å². The molecule has 3 fully saturated rings. The average Bonchev–Trinajstić information content (AvgIpc) is 2.90. The molecule has 4 aliphatic carbocycles. The molecule has 0 N–H and O–H groups in total. The molecule has 3 saturated carbocycles. The highest BCUT2D eigenvalue weighted by atomic mass is 19.3. The van der Waals surface area contributed by atoms with Crippen molar-refractivity contribution < 1.29 is 18.4 Å². The summed E-state index contributed by atoms with van der Waals surface area (Å²) in [6.07, 6.45) is 5.32. The molecule has 0 amide bonds. The Morgan fingerprint density at radius 1 is 1.17 bits per heavy atom. The lowest BCUT2D eigenvalue weighted by Crippen LogP contribution is -2.49. The molecule has 0 aliphatic heterocycles. The van der Waals surface area contributed by atoms with Crippen molar-refractivity contribution in [1.29, 1.82) is 0 Å². The fourth-order valence-corrected chi connectivity index (χ4v) is 6.41. The fraction of sp³-hybridized carbons (Fsp3) is 0.700. The first-order valence-electron chi connectivity index (χ1n) is 9.28. The van der Waals surface area contributed by atoms with Crippen LogP contribution in [0.3, 0.4) is 0 Å². The first kappa shape index (κ1) is 16.2. The van der Waals surface area contributed by atoms with E-state index in [1.165, 1.54) is 0 Å². The normalized spacial score (nSPS) is 41.5. The third kappa shape index (κ3) is 2.11. The van der Waals surface area contributed by atoms with Crippen molar-refractivity contribution in [2.45, 2.75) is 58.3 Å². The third-order valence-electron chi connectivity index (χ3n) is 7.43. The Bertz CT molecular complexity index is 659. The van der Waals surface area contributed by atoms with Gasteiger partial charge in [0.1, 0.15) is 5.78 Å². The molecule has 130 valence electrons. The van der Waals surface area contributed by atoms with E-state index in [1.54, 1.807) is 6.08 Å². The summed E-state index contributed by atoms with van der Waals surface area (Å²) in [6.45, 7) is 1.98. The number of carbonyl (C=O) groups excluding carboxylic acids is 2. The van der Waals surface area contributed by atoms with Gasteiger partial charge in [-0.15, -0.1) is 0 Å². The molecule has 0 unspecified atom stereocenters. The molecule has 4 aliphatic rings. The van der Waals surface area contributed by atoms with Crippen LogP contribution in [0.25, 0.3) is 0 Å². The number of allylic oxidation sites excluding steroid dienone is 2. The summed E-state index contributed by atoms with van der Waals surface area (Å²) < 4.78 is 27.8. The average molecular weight is 334 g/mol. The zero-order chi connectivity index (χ0) is 17.1. The molecular formula is C20H24F2O2. The van der Waals surface area contributed by atoms with Gasteiger partial charge < -0.3 is 0 Å². The van der Waals surface area contributed by atoms with Crippen LogP contribution in [0.5, 0.6) is 0 Å². The maximum Gasteiger partial charge on any atom is 0.269 e. The molecule has 4 rings (SSSR count). The molecular weight excluding hydrogens is 310 g/mol. The quantitative estimate of drug-likeness (QED) is 0.687. The SMILES string of the molecule is CC[C@]12CC(=C(F)F)[C@H]3[C@@H](CCC4=CC(=O)CC[C@@H]43)[C@@H]1CCC2=O. The van der Waals surface area contributed by atoms with Crippen molar-refractivity contribution in [3.8, 4) is 0 Å². The van der Waals surface area contributed by atoms with E-state index in [9.17, 15) is 18.4 Å². The van der Waals surface area contributed by atoms with Gasteiger partial charge in [-0.25, -0.2) is 0 Å². The largest absolute Gasteiger partial charge is 0.299 e. The summed E-state index contributed by atoms with van der Waals surface area (Å²) in [5.41, 5.74) is 0.768. The zero-order valence-corrected chi connectivity index (χ0v) is 14.1. The van der Waals surface area contributed by atoms with E-state index in [4.69, 9.17) is 0 Å². The summed E-state index contributed by atoms with van der Waals surface area (Å²) in [7, 11) is 0. The minimum Gasteiger partial charge on any atom is -0.299 e. The highest BCUT2D eigenvalue weighted by Gasteiger charge is 2.59. The second-order valence-corrected chi connectivity index (χ2v) is 8.10. The van der Waals surface area contributed by atoms with Gasteiger partial charge in [-0.2, -0.15) is 8.78 Å². The molecule has 0 bridgehead atoms. The molecule has 0 aromatic carbocycles. The topological polar surface area (TPSA) is 34.1 Å². The van der Waals surface area contributed by atoms with Crippen LogP contribution < -0.4 is 0 Å². The lowest BCUT2D eigenvalue weighted by Gasteiger charge is -2.53. The van der Waals surface area contributed by atoms with E-state index in [0.29, 0.717) is 25.7 Å². The van der Waals surface area contributed by atoms with E-state index in [2.05, 4.69) is 0 Å². The van der Waals surface area contributed by atoms with E-state index < -0.39 is 11.5 Å². The smallest absolute Gasteiger partial charge is 0.269 e. The van der Waals surface area contributed by atoms with Gasteiger partial charge in [-0.05, 0) is 68.3 Å². The Morgan fingerprint density at radius 3 is 2.67 bits per heavy atom. The van der Waals surface area contributed by atoms with Crippen molar-refractivity contribution in [2.75, 3.05) is 0 Å². The van der Waals surface area contributed by atoms with E-state index in [-0.39, 0.29) is 47.2 Å². The predicted molar refractivity (Wildman–Crippen MR) is 86.3 cm³/mol. The van der Waals surface area contributed by atoms with Gasteiger partial charge in [-0.3, -0.25) is 9.59 Å². The first-order chi connectivity index (χ1) is 11.5. The van der Waals surface area contributed by atoms with Gasteiger partial charge >= 0.3 is 0 Å². The summed E-state index contributed by atoms with van der Waals surface area (Å²) in [6, 6.07) is 0. The number of carbonyl (C=O) groups is 2. The summed E-state index contributed by atoms with van der Waals surface area (Å²) >= 11 is 0. The number of ketones is 2. The maximum absolute atomic E-state index is 13.9. The second kappa shape index (κ2) is 5.60. The van der Waals surface area contributed by atoms with Gasteiger partial charge in [0.15, 0.2) is 5.78 Å². The van der Waals surface area contributed by atoms with E-state index in [0.717, 1.165) is 24.8 Å². The molecule has 0 radical (unpaired) electrons. The number of Topliss-reactive ketones (excluding diaryl/α,β-unsaturated/α-hetero) is 1. The van der Waals surface area contributed by atoms with Crippen molar-refractivity contribution in [2.24, 2.45) is 29.1 Å². The van der Waals surface area contributed by atoms with Gasteiger partial charge in [0, 0.05) is 23.8 Å². The Morgan fingerprint density at radius 2 is 1.96 bits per heavy atom. The van der Waals surface area contributed by atoms with Crippen LogP contribution in [-0.4, -0.2) is 11.6 Å². The fourth-order valence-electron chi connectivity index (χ4n) is 6.41. The van der Waals surface area contributed by atoms with Crippen LogP contribution in [0.2, 0.25) is 0 Å². The lowest BCUT2D eigenvalue weighted by molar-refractivity contribution is -0.130. The number of halogens is 2. The van der Waals surface area contributed by atoms with E-state index in [1.807, 2.05) is 6.92 Å². The minimum atomic E-state index is -1.57. The van der Waals surface area contributed by atoms with Crippen LogP contribution >= 0.6 is 0 Å². The zero-order valence-electron chi connectivity index (χ0n) is 14.1. The Labute approximate surface area is 141 Å². The summed E-state index contributed by atoms with van der Waals surface area (Å²) in [5, 5.41) is 0. The third-order valence-corrected chi connectivity index (χ3v) is 7.43. The molecule has 0 heterocycles. The van der Waals surface area contributed by atoms with Gasteiger partial charge in [0.25, 0.3) is 6.08 Å². The van der Waals surface area contributed by atoms with Crippen LogP contribution in [0.15, 0.2) is 23.3 Å². The molecule has 4 heteroatoms. The number of rotatable bonds is 1. The lowest BCUT2D eigenvalue weighted by atomic mass is 9.50. The monoisotopic (exact) mass is 334 g/mol. The molecule has 0 spiro atoms. The molecule has 2 nitrogen and oxygen atoms in total. The number of fused-ring (bicyclic) bond motifs is 5. The summed E-state index contributed by atoms with van der Waals surface area (Å²) in [5.74, 6) is 0.703. The molecule has 0 saturated heterocycles. The van der Waals surface area contributed by atoms with E-state index >= 15 is 0 Å². The Kier molecular flexibility index (Phi) is 3.77. The standard InChI is InChI=1S/C20H24F2O2/c1-2-20-10-15(19(21)22)18-13-6-4-12(23)9-11(13)3-5-14(18)16(20)7-8-17(20)24/h9,13-14,16,18H,2-8,10H2,1H3/t13-,14-,16-,18+,20-/m0/s1. The highest BCUT2D eigenvalue weighted by Crippen LogP contribution is 2.64. The minimum absolute atomic E-state index is 0.0866. The Balaban J connectivity index is 1.80. The summed E-state index contributed by atoms with van der Waals surface area (Å²) in [4.78, 5) is 24.3. The van der Waals surface area contributed by atoms with Gasteiger partial charge in [0.2, 0.25) is 0 Å². The first-order valence-corrected chi connectivity index (χ1v) is 9.28. The second-order valence-electron chi connectivity index (χ2n) is 8.10. The number of hydrogen-bond acceptors (Lipinski definition) is 2. The van der Waals surface area contributed by atoms with Gasteiger partial charge in [0.05, 0.1) is 0 Å². The molecule has 0 aromatic heterocycles. The maximum atomic E-state index is 13.9. The van der Waals surface area contributed by atoms with Crippen molar-refractivity contribution in [3.05, 3.63) is 23.3 Å². The molecule has 0 aromatic rings. The predicted octanol–water partition coefficient (Wildman–Crippen LogP) is 4.85. The van der Waals surface area contributed by atoms with Crippen LogP contribution in [0.1, 0.15) is 58.3 Å². The van der Waals surface area contributed by atoms with Crippen molar-refractivity contribution >= 4 is 11.6 Å². The molecule has 24 heavy (non-hydrogen) atoms. The van der Waals surface area contributed by atoms with Gasteiger partial charge in [-0.1, -0.05) is 12.5 Å².